The zero-order valence-electron chi connectivity index (χ0n) is 14.1. The molecule has 1 atom stereocenters. The topological polar surface area (TPSA) is 35.8 Å². The van der Waals surface area contributed by atoms with Crippen molar-refractivity contribution in [2.75, 3.05) is 0 Å². The van der Waals surface area contributed by atoms with Gasteiger partial charge in [-0.05, 0) is 16.7 Å². The smallest absolute Gasteiger partial charge is 0.0745 e. The van der Waals surface area contributed by atoms with Crippen molar-refractivity contribution in [2.24, 2.45) is 5.16 Å². The van der Waals surface area contributed by atoms with Gasteiger partial charge in [0.15, 0.2) is 0 Å². The molecule has 1 N–H and O–H groups in total. The van der Waals surface area contributed by atoms with Crippen molar-refractivity contribution in [3.63, 3.8) is 0 Å². The Morgan fingerprint density at radius 2 is 1.16 bits per heavy atom. The SMILES string of the molecule is O/N=C/C(c1ccccc1)N(Cc1ccccc1)Cc1ccccc1. The highest BCUT2D eigenvalue weighted by Gasteiger charge is 2.19. The second-order valence-electron chi connectivity index (χ2n) is 6.00. The summed E-state index contributed by atoms with van der Waals surface area (Å²) in [6, 6.07) is 30.8. The Kier molecular flexibility index (Phi) is 5.96. The first-order chi connectivity index (χ1) is 12.4. The van der Waals surface area contributed by atoms with E-state index in [2.05, 4.69) is 46.5 Å². The predicted octanol–water partition coefficient (Wildman–Crippen LogP) is 4.89. The lowest BCUT2D eigenvalue weighted by molar-refractivity contribution is 0.222. The zero-order valence-corrected chi connectivity index (χ0v) is 14.1. The molecule has 0 bridgehead atoms. The van der Waals surface area contributed by atoms with Crippen molar-refractivity contribution in [3.8, 4) is 0 Å². The van der Waals surface area contributed by atoms with E-state index in [-0.39, 0.29) is 6.04 Å². The number of hydrogen-bond acceptors (Lipinski definition) is 3. The highest BCUT2D eigenvalue weighted by Crippen LogP contribution is 2.24. The van der Waals surface area contributed by atoms with Crippen LogP contribution in [-0.4, -0.2) is 16.3 Å². The van der Waals surface area contributed by atoms with Crippen LogP contribution in [0.5, 0.6) is 0 Å². The minimum atomic E-state index is -0.105. The summed E-state index contributed by atoms with van der Waals surface area (Å²) in [5, 5.41) is 12.6. The van der Waals surface area contributed by atoms with Crippen LogP contribution in [0.4, 0.5) is 0 Å². The minimum absolute atomic E-state index is 0.105. The first kappa shape index (κ1) is 16.9. The average molecular weight is 330 g/mol. The van der Waals surface area contributed by atoms with Crippen LogP contribution in [0.2, 0.25) is 0 Å². The molecule has 3 rings (SSSR count). The van der Waals surface area contributed by atoms with Crippen molar-refractivity contribution in [1.82, 2.24) is 4.90 Å². The van der Waals surface area contributed by atoms with Gasteiger partial charge >= 0.3 is 0 Å². The zero-order chi connectivity index (χ0) is 17.3. The van der Waals surface area contributed by atoms with Crippen LogP contribution < -0.4 is 0 Å². The fourth-order valence-corrected chi connectivity index (χ4v) is 2.99. The Morgan fingerprint density at radius 3 is 1.60 bits per heavy atom. The van der Waals surface area contributed by atoms with E-state index >= 15 is 0 Å². The molecule has 0 fully saturated rings. The van der Waals surface area contributed by atoms with E-state index in [1.54, 1.807) is 6.21 Å². The lowest BCUT2D eigenvalue weighted by Crippen LogP contribution is -2.29. The lowest BCUT2D eigenvalue weighted by Gasteiger charge is -2.29. The number of rotatable bonds is 7. The molecule has 0 saturated heterocycles. The van der Waals surface area contributed by atoms with Crippen LogP contribution in [0.3, 0.4) is 0 Å². The average Bonchev–Trinajstić information content (AvgIpc) is 2.68. The Bertz CT molecular complexity index is 731. The Labute approximate surface area is 148 Å². The minimum Gasteiger partial charge on any atom is -0.411 e. The monoisotopic (exact) mass is 330 g/mol. The summed E-state index contributed by atoms with van der Waals surface area (Å²) in [4.78, 5) is 2.31. The largest absolute Gasteiger partial charge is 0.411 e. The molecule has 0 amide bonds. The van der Waals surface area contributed by atoms with Crippen molar-refractivity contribution in [3.05, 3.63) is 108 Å². The molecule has 3 heteroatoms. The van der Waals surface area contributed by atoms with Crippen LogP contribution in [0, 0.1) is 0 Å². The normalized spacial score (nSPS) is 12.5. The van der Waals surface area contributed by atoms with Crippen LogP contribution >= 0.6 is 0 Å². The molecule has 0 aliphatic rings. The summed E-state index contributed by atoms with van der Waals surface area (Å²) < 4.78 is 0. The van der Waals surface area contributed by atoms with Gasteiger partial charge in [0.05, 0.1) is 12.3 Å². The molecule has 126 valence electrons. The number of hydrogen-bond donors (Lipinski definition) is 1. The van der Waals surface area contributed by atoms with Gasteiger partial charge in [0.1, 0.15) is 0 Å². The molecule has 0 heterocycles. The van der Waals surface area contributed by atoms with E-state index in [1.807, 2.05) is 54.6 Å². The Hall–Kier alpha value is -2.91. The van der Waals surface area contributed by atoms with Gasteiger partial charge in [-0.15, -0.1) is 5.16 Å². The first-order valence-electron chi connectivity index (χ1n) is 8.41. The molecule has 0 aromatic heterocycles. The van der Waals surface area contributed by atoms with Crippen molar-refractivity contribution < 1.29 is 5.21 Å². The molecular weight excluding hydrogens is 308 g/mol. The summed E-state index contributed by atoms with van der Waals surface area (Å²) in [5.41, 5.74) is 3.56. The molecule has 3 nitrogen and oxygen atoms in total. The molecule has 0 radical (unpaired) electrons. The molecule has 0 aliphatic heterocycles. The highest BCUT2D eigenvalue weighted by atomic mass is 16.4. The molecule has 0 aliphatic carbocycles. The van der Waals surface area contributed by atoms with Gasteiger partial charge in [-0.1, -0.05) is 91.0 Å². The van der Waals surface area contributed by atoms with Gasteiger partial charge in [-0.2, -0.15) is 0 Å². The predicted molar refractivity (Wildman–Crippen MR) is 102 cm³/mol. The molecule has 0 spiro atoms. The van der Waals surface area contributed by atoms with E-state index in [4.69, 9.17) is 0 Å². The maximum Gasteiger partial charge on any atom is 0.0745 e. The number of nitrogens with zero attached hydrogens (tertiary/aromatic N) is 2. The first-order valence-corrected chi connectivity index (χ1v) is 8.41. The van der Waals surface area contributed by atoms with E-state index < -0.39 is 0 Å². The van der Waals surface area contributed by atoms with Crippen molar-refractivity contribution in [1.29, 1.82) is 0 Å². The third kappa shape index (κ3) is 4.78. The molecule has 0 saturated carbocycles. The molecular formula is C22H22N2O. The summed E-state index contributed by atoms with van der Waals surface area (Å²) in [7, 11) is 0. The maximum atomic E-state index is 9.22. The molecule has 1 unspecified atom stereocenters. The van der Waals surface area contributed by atoms with Crippen LogP contribution in [0.15, 0.2) is 96.2 Å². The highest BCUT2D eigenvalue weighted by molar-refractivity contribution is 5.66. The molecule has 3 aromatic rings. The second-order valence-corrected chi connectivity index (χ2v) is 6.00. The molecule has 25 heavy (non-hydrogen) atoms. The number of oxime groups is 1. The van der Waals surface area contributed by atoms with Crippen LogP contribution in [-0.2, 0) is 13.1 Å². The van der Waals surface area contributed by atoms with E-state index in [0.717, 1.165) is 18.7 Å². The van der Waals surface area contributed by atoms with Crippen LogP contribution in [0.1, 0.15) is 22.7 Å². The summed E-state index contributed by atoms with van der Waals surface area (Å²) in [6.07, 6.45) is 1.60. The quantitative estimate of drug-likeness (QED) is 0.380. The van der Waals surface area contributed by atoms with Gasteiger partial charge in [0.25, 0.3) is 0 Å². The van der Waals surface area contributed by atoms with Gasteiger partial charge in [0, 0.05) is 13.1 Å². The second kappa shape index (κ2) is 8.81. The fraction of sp³-hybridized carbons (Fsp3) is 0.136. The van der Waals surface area contributed by atoms with Gasteiger partial charge in [-0.25, -0.2) is 0 Å². The van der Waals surface area contributed by atoms with Gasteiger partial charge < -0.3 is 5.21 Å². The van der Waals surface area contributed by atoms with Gasteiger partial charge in [-0.3, -0.25) is 4.90 Å². The molecule has 3 aromatic carbocycles. The maximum absolute atomic E-state index is 9.22. The fourth-order valence-electron chi connectivity index (χ4n) is 2.99. The van der Waals surface area contributed by atoms with E-state index in [1.165, 1.54) is 11.1 Å². The third-order valence-electron chi connectivity index (χ3n) is 4.20. The van der Waals surface area contributed by atoms with E-state index in [9.17, 15) is 5.21 Å². The van der Waals surface area contributed by atoms with Crippen molar-refractivity contribution in [2.45, 2.75) is 19.1 Å². The third-order valence-corrected chi connectivity index (χ3v) is 4.20. The lowest BCUT2D eigenvalue weighted by atomic mass is 10.0. The summed E-state index contributed by atoms with van der Waals surface area (Å²) in [5.74, 6) is 0. The Balaban J connectivity index is 1.92. The Morgan fingerprint density at radius 1 is 0.720 bits per heavy atom. The standard InChI is InChI=1S/C22H22N2O/c25-23-16-22(21-14-8-3-9-15-21)24(17-19-10-4-1-5-11-19)18-20-12-6-2-7-13-20/h1-16,22,25H,17-18H2/b23-16+. The van der Waals surface area contributed by atoms with E-state index in [0.29, 0.717) is 0 Å². The summed E-state index contributed by atoms with van der Waals surface area (Å²) >= 11 is 0. The van der Waals surface area contributed by atoms with Crippen molar-refractivity contribution >= 4 is 6.21 Å². The number of benzene rings is 3. The van der Waals surface area contributed by atoms with Gasteiger partial charge in [0.2, 0.25) is 0 Å². The van der Waals surface area contributed by atoms with Crippen LogP contribution in [0.25, 0.3) is 0 Å². The summed E-state index contributed by atoms with van der Waals surface area (Å²) in [6.45, 7) is 1.53.